The number of aromatic amines is 1. The molecular formula is C13H13N3OS. The van der Waals surface area contributed by atoms with E-state index in [1.165, 1.54) is 10.1 Å². The zero-order valence-electron chi connectivity index (χ0n) is 9.63. The van der Waals surface area contributed by atoms with Crippen molar-refractivity contribution < 1.29 is 5.11 Å². The van der Waals surface area contributed by atoms with Gasteiger partial charge in [-0.1, -0.05) is 18.2 Å². The van der Waals surface area contributed by atoms with Gasteiger partial charge in [-0.15, -0.1) is 11.3 Å². The number of benzene rings is 1. The van der Waals surface area contributed by atoms with Crippen molar-refractivity contribution in [2.24, 2.45) is 5.73 Å². The molecule has 0 saturated carbocycles. The molecule has 2 aromatic heterocycles. The maximum Gasteiger partial charge on any atom is 0.125 e. The smallest absolute Gasteiger partial charge is 0.125 e. The molecule has 0 bridgehead atoms. The van der Waals surface area contributed by atoms with Crippen molar-refractivity contribution in [3.05, 3.63) is 41.7 Å². The van der Waals surface area contributed by atoms with Crippen LogP contribution in [0.3, 0.4) is 0 Å². The van der Waals surface area contributed by atoms with Gasteiger partial charge in [-0.3, -0.25) is 0 Å². The Kier molecular flexibility index (Phi) is 2.87. The van der Waals surface area contributed by atoms with Gasteiger partial charge in [0.1, 0.15) is 5.82 Å². The number of aliphatic hydroxyl groups is 1. The van der Waals surface area contributed by atoms with Crippen LogP contribution < -0.4 is 5.73 Å². The average molecular weight is 259 g/mol. The molecule has 2 heterocycles. The summed E-state index contributed by atoms with van der Waals surface area (Å²) in [6.45, 7) is -0.114. The number of rotatable bonds is 3. The van der Waals surface area contributed by atoms with E-state index in [-0.39, 0.29) is 6.61 Å². The van der Waals surface area contributed by atoms with Crippen LogP contribution in [-0.4, -0.2) is 21.7 Å². The number of fused-ring (bicyclic) bond motifs is 1. The quantitative estimate of drug-likeness (QED) is 0.675. The normalized spacial score (nSPS) is 13.0. The maximum absolute atomic E-state index is 9.02. The Balaban J connectivity index is 2.07. The third-order valence-electron chi connectivity index (χ3n) is 2.91. The lowest BCUT2D eigenvalue weighted by Gasteiger charge is -2.02. The van der Waals surface area contributed by atoms with E-state index in [1.54, 1.807) is 17.5 Å². The molecular weight excluding hydrogens is 246 g/mol. The fourth-order valence-electron chi connectivity index (χ4n) is 1.93. The molecule has 0 aliphatic carbocycles. The summed E-state index contributed by atoms with van der Waals surface area (Å²) >= 11 is 1.70. The summed E-state index contributed by atoms with van der Waals surface area (Å²) < 4.78 is 1.25. The molecule has 0 radical (unpaired) electrons. The lowest BCUT2D eigenvalue weighted by atomic mass is 10.1. The molecule has 0 aliphatic rings. The lowest BCUT2D eigenvalue weighted by molar-refractivity contribution is 0.264. The highest BCUT2D eigenvalue weighted by atomic mass is 32.1. The first-order chi connectivity index (χ1) is 8.79. The van der Waals surface area contributed by atoms with Crippen molar-refractivity contribution in [1.82, 2.24) is 9.97 Å². The van der Waals surface area contributed by atoms with Crippen LogP contribution in [0.1, 0.15) is 11.9 Å². The van der Waals surface area contributed by atoms with Crippen LogP contribution in [-0.2, 0) is 0 Å². The molecule has 18 heavy (non-hydrogen) atoms. The minimum Gasteiger partial charge on any atom is -0.394 e. The second-order valence-corrected chi connectivity index (χ2v) is 5.03. The molecule has 4 nitrogen and oxygen atoms in total. The van der Waals surface area contributed by atoms with E-state index in [2.05, 4.69) is 27.5 Å². The molecule has 3 rings (SSSR count). The molecule has 1 aromatic carbocycles. The average Bonchev–Trinajstić information content (AvgIpc) is 3.03. The van der Waals surface area contributed by atoms with E-state index >= 15 is 0 Å². The van der Waals surface area contributed by atoms with Gasteiger partial charge in [0, 0.05) is 21.0 Å². The van der Waals surface area contributed by atoms with Gasteiger partial charge >= 0.3 is 0 Å². The van der Waals surface area contributed by atoms with Crippen molar-refractivity contribution in [2.75, 3.05) is 6.61 Å². The van der Waals surface area contributed by atoms with Gasteiger partial charge in [-0.2, -0.15) is 0 Å². The summed E-state index contributed by atoms with van der Waals surface area (Å²) in [5.41, 5.74) is 7.79. The van der Waals surface area contributed by atoms with Crippen LogP contribution in [0, 0.1) is 0 Å². The highest BCUT2D eigenvalue weighted by Gasteiger charge is 2.12. The van der Waals surface area contributed by atoms with Crippen molar-refractivity contribution in [1.29, 1.82) is 0 Å². The third kappa shape index (κ3) is 1.82. The standard InChI is InChI=1S/C13H13N3OS/c14-10(6-17)13-15-5-11(16-13)9-7-18-12-4-2-1-3-8(9)12/h1-5,7,10,17H,6,14H2,(H,15,16). The molecule has 4 N–H and O–H groups in total. The van der Waals surface area contributed by atoms with Gasteiger partial charge in [-0.25, -0.2) is 4.98 Å². The molecule has 0 amide bonds. The van der Waals surface area contributed by atoms with E-state index in [0.717, 1.165) is 11.3 Å². The Bertz CT molecular complexity index is 673. The predicted octanol–water partition coefficient (Wildman–Crippen LogP) is 2.28. The summed E-state index contributed by atoms with van der Waals surface area (Å²) in [5, 5.41) is 12.3. The highest BCUT2D eigenvalue weighted by Crippen LogP contribution is 2.32. The lowest BCUT2D eigenvalue weighted by Crippen LogP contribution is -2.15. The summed E-state index contributed by atoms with van der Waals surface area (Å²) in [6.07, 6.45) is 1.76. The van der Waals surface area contributed by atoms with Crippen LogP contribution >= 0.6 is 11.3 Å². The molecule has 3 aromatic rings. The number of hydrogen-bond donors (Lipinski definition) is 3. The molecule has 0 spiro atoms. The second-order valence-electron chi connectivity index (χ2n) is 4.12. The van der Waals surface area contributed by atoms with Crippen molar-refractivity contribution in [2.45, 2.75) is 6.04 Å². The zero-order chi connectivity index (χ0) is 12.5. The van der Waals surface area contributed by atoms with Gasteiger partial charge < -0.3 is 15.8 Å². The number of aliphatic hydroxyl groups excluding tert-OH is 1. The molecule has 92 valence electrons. The molecule has 5 heteroatoms. The van der Waals surface area contributed by atoms with Gasteiger partial charge in [0.2, 0.25) is 0 Å². The molecule has 1 unspecified atom stereocenters. The van der Waals surface area contributed by atoms with Crippen molar-refractivity contribution >= 4 is 21.4 Å². The van der Waals surface area contributed by atoms with Crippen LogP contribution in [0.25, 0.3) is 21.3 Å². The topological polar surface area (TPSA) is 74.9 Å². The van der Waals surface area contributed by atoms with E-state index < -0.39 is 6.04 Å². The Morgan fingerprint density at radius 2 is 2.22 bits per heavy atom. The van der Waals surface area contributed by atoms with Crippen molar-refractivity contribution in [3.63, 3.8) is 0 Å². The minimum atomic E-state index is -0.455. The zero-order valence-corrected chi connectivity index (χ0v) is 10.4. The summed E-state index contributed by atoms with van der Waals surface area (Å²) in [5.74, 6) is 0.614. The number of aromatic nitrogens is 2. The first-order valence-corrected chi connectivity index (χ1v) is 6.55. The Morgan fingerprint density at radius 3 is 3.06 bits per heavy atom. The van der Waals surface area contributed by atoms with E-state index in [0.29, 0.717) is 5.82 Å². The number of H-pyrrole nitrogens is 1. The molecule has 0 aliphatic heterocycles. The minimum absolute atomic E-state index is 0.114. The van der Waals surface area contributed by atoms with Crippen LogP contribution in [0.5, 0.6) is 0 Å². The van der Waals surface area contributed by atoms with Gasteiger partial charge in [0.25, 0.3) is 0 Å². The number of nitrogens with one attached hydrogen (secondary N) is 1. The maximum atomic E-state index is 9.02. The number of thiophene rings is 1. The van der Waals surface area contributed by atoms with Crippen molar-refractivity contribution in [3.8, 4) is 11.3 Å². The Hall–Kier alpha value is -1.69. The van der Waals surface area contributed by atoms with Gasteiger partial charge in [0.15, 0.2) is 0 Å². The van der Waals surface area contributed by atoms with Crippen LogP contribution in [0.15, 0.2) is 35.8 Å². The fourth-order valence-corrected chi connectivity index (χ4v) is 2.90. The summed E-state index contributed by atoms with van der Waals surface area (Å²) in [6, 6.07) is 7.79. The fraction of sp³-hybridized carbons (Fsp3) is 0.154. The van der Waals surface area contributed by atoms with Crippen LogP contribution in [0.4, 0.5) is 0 Å². The third-order valence-corrected chi connectivity index (χ3v) is 3.88. The summed E-state index contributed by atoms with van der Waals surface area (Å²) in [7, 11) is 0. The monoisotopic (exact) mass is 259 g/mol. The molecule has 1 atom stereocenters. The predicted molar refractivity (Wildman–Crippen MR) is 73.4 cm³/mol. The number of nitrogens with two attached hydrogens (primary N) is 1. The first-order valence-electron chi connectivity index (χ1n) is 5.67. The summed E-state index contributed by atoms with van der Waals surface area (Å²) in [4.78, 5) is 7.38. The highest BCUT2D eigenvalue weighted by molar-refractivity contribution is 7.17. The first kappa shape index (κ1) is 11.4. The Labute approximate surface area is 108 Å². The number of hydrogen-bond acceptors (Lipinski definition) is 4. The SMILES string of the molecule is NC(CO)c1ncc(-c2csc3ccccc23)[nH]1. The largest absolute Gasteiger partial charge is 0.394 e. The van der Waals surface area contributed by atoms with E-state index in [1.807, 2.05) is 12.1 Å². The number of imidazole rings is 1. The molecule has 0 fully saturated rings. The second kappa shape index (κ2) is 4.53. The Morgan fingerprint density at radius 1 is 1.39 bits per heavy atom. The van der Waals surface area contributed by atoms with Crippen LogP contribution in [0.2, 0.25) is 0 Å². The van der Waals surface area contributed by atoms with E-state index in [4.69, 9.17) is 10.8 Å². The van der Waals surface area contributed by atoms with E-state index in [9.17, 15) is 0 Å². The molecule has 0 saturated heterocycles. The van der Waals surface area contributed by atoms with Gasteiger partial charge in [0.05, 0.1) is 24.5 Å². The number of nitrogens with zero attached hydrogens (tertiary/aromatic N) is 1. The van der Waals surface area contributed by atoms with Gasteiger partial charge in [-0.05, 0) is 6.07 Å².